The van der Waals surface area contributed by atoms with E-state index in [2.05, 4.69) is 5.32 Å². The maximum absolute atomic E-state index is 12.1. The van der Waals surface area contributed by atoms with Gasteiger partial charge in [-0.15, -0.1) is 12.4 Å². The Kier molecular flexibility index (Phi) is 4.96. The fourth-order valence-corrected chi connectivity index (χ4v) is 2.78. The second-order valence-electron chi connectivity index (χ2n) is 5.57. The number of carbonyl (C=O) groups is 1. The normalized spacial score (nSPS) is 22.2. The number of nitrogens with one attached hydrogen (secondary N) is 1. The van der Waals surface area contributed by atoms with Gasteiger partial charge in [-0.05, 0) is 25.0 Å². The number of para-hydroxylation sites is 2. The number of hydrogen-bond donors (Lipinski definition) is 2. The third-order valence-electron chi connectivity index (χ3n) is 4.01. The van der Waals surface area contributed by atoms with E-state index in [0.717, 1.165) is 37.2 Å². The molecule has 1 aliphatic carbocycles. The average Bonchev–Trinajstić information content (AvgIpc) is 2.92. The summed E-state index contributed by atoms with van der Waals surface area (Å²) in [4.78, 5) is 12.1. The monoisotopic (exact) mass is 312 g/mol. The quantitative estimate of drug-likeness (QED) is 0.890. The van der Waals surface area contributed by atoms with E-state index in [1.54, 1.807) is 0 Å². The van der Waals surface area contributed by atoms with Gasteiger partial charge in [0.25, 0.3) is 0 Å². The number of hydrogen-bond acceptors (Lipinski definition) is 4. The molecule has 1 amide bonds. The zero-order chi connectivity index (χ0) is 14.0. The lowest BCUT2D eigenvalue weighted by molar-refractivity contribution is -0.126. The summed E-state index contributed by atoms with van der Waals surface area (Å²) in [6.07, 6.45) is 3.42. The molecule has 2 aliphatic rings. The fourth-order valence-electron chi connectivity index (χ4n) is 2.78. The molecule has 0 spiro atoms. The molecule has 1 atom stereocenters. The van der Waals surface area contributed by atoms with Gasteiger partial charge in [-0.25, -0.2) is 0 Å². The van der Waals surface area contributed by atoms with Gasteiger partial charge in [0.05, 0.1) is 12.1 Å². The van der Waals surface area contributed by atoms with Crippen LogP contribution in [0.25, 0.3) is 0 Å². The van der Waals surface area contributed by atoms with E-state index >= 15 is 0 Å². The maximum Gasteiger partial charge on any atom is 0.240 e. The van der Waals surface area contributed by atoms with Gasteiger partial charge in [0, 0.05) is 0 Å². The van der Waals surface area contributed by atoms with Crippen LogP contribution in [-0.4, -0.2) is 30.7 Å². The lowest BCUT2D eigenvalue weighted by Gasteiger charge is -2.28. The van der Waals surface area contributed by atoms with Crippen LogP contribution in [-0.2, 0) is 4.79 Å². The highest BCUT2D eigenvalue weighted by molar-refractivity contribution is 5.86. The third kappa shape index (κ3) is 3.41. The molecule has 21 heavy (non-hydrogen) atoms. The molecule has 3 rings (SSSR count). The van der Waals surface area contributed by atoms with Crippen LogP contribution in [0.15, 0.2) is 24.3 Å². The zero-order valence-electron chi connectivity index (χ0n) is 11.8. The molecule has 1 fully saturated rings. The van der Waals surface area contributed by atoms with E-state index < -0.39 is 5.54 Å². The molecule has 1 aromatic carbocycles. The van der Waals surface area contributed by atoms with Crippen molar-refractivity contribution in [3.8, 4) is 11.5 Å². The first kappa shape index (κ1) is 15.9. The summed E-state index contributed by atoms with van der Waals surface area (Å²) < 4.78 is 11.4. The molecule has 0 radical (unpaired) electrons. The summed E-state index contributed by atoms with van der Waals surface area (Å²) in [5.41, 5.74) is 5.42. The van der Waals surface area contributed by atoms with Gasteiger partial charge in [0.1, 0.15) is 12.7 Å². The van der Waals surface area contributed by atoms with Crippen molar-refractivity contribution in [3.63, 3.8) is 0 Å². The second-order valence-corrected chi connectivity index (χ2v) is 5.57. The van der Waals surface area contributed by atoms with E-state index in [0.29, 0.717) is 13.2 Å². The van der Waals surface area contributed by atoms with Gasteiger partial charge in [0.15, 0.2) is 11.5 Å². The Morgan fingerprint density at radius 3 is 2.67 bits per heavy atom. The summed E-state index contributed by atoms with van der Waals surface area (Å²) in [5, 5.41) is 2.90. The third-order valence-corrected chi connectivity index (χ3v) is 4.01. The summed E-state index contributed by atoms with van der Waals surface area (Å²) in [5.74, 6) is 1.40. The molecule has 6 heteroatoms. The van der Waals surface area contributed by atoms with Gasteiger partial charge in [0.2, 0.25) is 5.91 Å². The Morgan fingerprint density at radius 1 is 1.29 bits per heavy atom. The first-order valence-corrected chi connectivity index (χ1v) is 7.13. The molecule has 0 saturated heterocycles. The van der Waals surface area contributed by atoms with E-state index in [1.165, 1.54) is 0 Å². The van der Waals surface area contributed by atoms with Crippen molar-refractivity contribution >= 4 is 18.3 Å². The Bertz CT molecular complexity index is 503. The van der Waals surface area contributed by atoms with Crippen LogP contribution in [0.3, 0.4) is 0 Å². The first-order valence-electron chi connectivity index (χ1n) is 7.13. The van der Waals surface area contributed by atoms with E-state index in [-0.39, 0.29) is 24.4 Å². The Hall–Kier alpha value is -1.46. The van der Waals surface area contributed by atoms with Crippen molar-refractivity contribution in [1.82, 2.24) is 5.32 Å². The number of carbonyl (C=O) groups excluding carboxylic acids is 1. The lowest BCUT2D eigenvalue weighted by atomic mass is 9.98. The van der Waals surface area contributed by atoms with Gasteiger partial charge in [-0.3, -0.25) is 4.79 Å². The van der Waals surface area contributed by atoms with Crippen molar-refractivity contribution in [3.05, 3.63) is 24.3 Å². The smallest absolute Gasteiger partial charge is 0.240 e. The number of nitrogens with two attached hydrogens (primary N) is 1. The second kappa shape index (κ2) is 6.54. The highest BCUT2D eigenvalue weighted by Gasteiger charge is 2.37. The van der Waals surface area contributed by atoms with Gasteiger partial charge >= 0.3 is 0 Å². The Morgan fingerprint density at radius 2 is 1.95 bits per heavy atom. The number of fused-ring (bicyclic) bond motifs is 1. The zero-order valence-corrected chi connectivity index (χ0v) is 12.7. The van der Waals surface area contributed by atoms with Crippen LogP contribution in [0.5, 0.6) is 11.5 Å². The minimum Gasteiger partial charge on any atom is -0.486 e. The summed E-state index contributed by atoms with van der Waals surface area (Å²) in [6, 6.07) is 7.54. The molecule has 1 unspecified atom stereocenters. The van der Waals surface area contributed by atoms with Crippen molar-refractivity contribution in [2.75, 3.05) is 13.2 Å². The van der Waals surface area contributed by atoms with Crippen LogP contribution < -0.4 is 20.5 Å². The van der Waals surface area contributed by atoms with E-state index in [9.17, 15) is 4.79 Å². The topological polar surface area (TPSA) is 73.6 Å². The van der Waals surface area contributed by atoms with E-state index in [4.69, 9.17) is 15.2 Å². The molecular formula is C15H21ClN2O3. The molecule has 116 valence electrons. The average molecular weight is 313 g/mol. The SMILES string of the molecule is Cl.NC1(C(=O)NCC2COc3ccccc3O2)CCCC1. The highest BCUT2D eigenvalue weighted by Crippen LogP contribution is 2.31. The number of ether oxygens (including phenoxy) is 2. The van der Waals surface area contributed by atoms with Crippen LogP contribution in [0.1, 0.15) is 25.7 Å². The minimum absolute atomic E-state index is 0. The standard InChI is InChI=1S/C15H20N2O3.ClH/c16-15(7-3-4-8-15)14(18)17-9-11-10-19-12-5-1-2-6-13(12)20-11;/h1-2,5-6,11H,3-4,7-10,16H2,(H,17,18);1H. The van der Waals surface area contributed by atoms with Crippen LogP contribution in [0, 0.1) is 0 Å². The van der Waals surface area contributed by atoms with Crippen LogP contribution in [0.4, 0.5) is 0 Å². The molecule has 5 nitrogen and oxygen atoms in total. The first-order chi connectivity index (χ1) is 9.67. The van der Waals surface area contributed by atoms with Gasteiger partial charge in [-0.2, -0.15) is 0 Å². The summed E-state index contributed by atoms with van der Waals surface area (Å²) in [6.45, 7) is 0.862. The van der Waals surface area contributed by atoms with Crippen LogP contribution >= 0.6 is 12.4 Å². The molecule has 1 heterocycles. The lowest BCUT2D eigenvalue weighted by Crippen LogP contribution is -2.54. The molecule has 3 N–H and O–H groups in total. The number of halogens is 1. The molecule has 0 aromatic heterocycles. The number of benzene rings is 1. The Balaban J connectivity index is 0.00000161. The largest absolute Gasteiger partial charge is 0.486 e. The maximum atomic E-state index is 12.1. The molecular weight excluding hydrogens is 292 g/mol. The van der Waals surface area contributed by atoms with Crippen molar-refractivity contribution in [2.45, 2.75) is 37.3 Å². The predicted molar refractivity (Wildman–Crippen MR) is 82.0 cm³/mol. The van der Waals surface area contributed by atoms with Gasteiger partial charge in [-0.1, -0.05) is 25.0 Å². The minimum atomic E-state index is -0.687. The Labute approximate surface area is 130 Å². The molecule has 1 aromatic rings. The van der Waals surface area contributed by atoms with Crippen LogP contribution in [0.2, 0.25) is 0 Å². The molecule has 0 bridgehead atoms. The van der Waals surface area contributed by atoms with Gasteiger partial charge < -0.3 is 20.5 Å². The fraction of sp³-hybridized carbons (Fsp3) is 0.533. The summed E-state index contributed by atoms with van der Waals surface area (Å²) in [7, 11) is 0. The highest BCUT2D eigenvalue weighted by atomic mass is 35.5. The number of rotatable bonds is 3. The van der Waals surface area contributed by atoms with Crippen molar-refractivity contribution in [1.29, 1.82) is 0 Å². The number of amides is 1. The van der Waals surface area contributed by atoms with Crippen molar-refractivity contribution in [2.24, 2.45) is 5.73 Å². The summed E-state index contributed by atoms with van der Waals surface area (Å²) >= 11 is 0. The van der Waals surface area contributed by atoms with E-state index in [1.807, 2.05) is 24.3 Å². The molecule has 1 aliphatic heterocycles. The predicted octanol–water partition coefficient (Wildman–Crippen LogP) is 1.64. The van der Waals surface area contributed by atoms with Crippen molar-refractivity contribution < 1.29 is 14.3 Å². The molecule has 1 saturated carbocycles.